The fourth-order valence-corrected chi connectivity index (χ4v) is 1.59. The summed E-state index contributed by atoms with van der Waals surface area (Å²) in [7, 11) is 0. The molecule has 0 aliphatic rings. The number of nitrogens with one attached hydrogen (secondary N) is 1. The average Bonchev–Trinajstić information content (AvgIpc) is 2.36. The van der Waals surface area contributed by atoms with Crippen LogP contribution in [0.1, 0.15) is 22.9 Å². The van der Waals surface area contributed by atoms with Gasteiger partial charge in [-0.25, -0.2) is 0 Å². The molecule has 62 valence electrons. The molecule has 1 N–H and O–H groups in total. The Morgan fingerprint density at radius 2 is 2.45 bits per heavy atom. The Balaban J connectivity index is 0.00000121. The van der Waals surface area contributed by atoms with Gasteiger partial charge in [0.05, 0.1) is 4.88 Å². The Morgan fingerprint density at radius 3 is 2.91 bits per heavy atom. The number of carbonyl (C=O) groups is 1. The minimum absolute atomic E-state index is 0. The standard InChI is InChI=1S/C8H11NOS.H2/c1-3-9-8(10)7-5-4-6(2)11-7;/h4-5H,3H2,1-2H3,(H,9,10);1H. The maximum absolute atomic E-state index is 11.2. The maximum atomic E-state index is 11.2. The molecule has 1 aromatic heterocycles. The number of hydrogen-bond donors (Lipinski definition) is 1. The number of rotatable bonds is 2. The van der Waals surface area contributed by atoms with Gasteiger partial charge in [-0.3, -0.25) is 4.79 Å². The summed E-state index contributed by atoms with van der Waals surface area (Å²) < 4.78 is 0. The number of aryl methyl sites for hydroxylation is 1. The van der Waals surface area contributed by atoms with E-state index in [-0.39, 0.29) is 7.33 Å². The molecule has 1 rings (SSSR count). The Morgan fingerprint density at radius 1 is 1.73 bits per heavy atom. The summed E-state index contributed by atoms with van der Waals surface area (Å²) in [6.07, 6.45) is 0. The Labute approximate surface area is 71.7 Å². The molecule has 0 unspecified atom stereocenters. The van der Waals surface area contributed by atoms with Crippen LogP contribution in [0.4, 0.5) is 0 Å². The maximum Gasteiger partial charge on any atom is 0.261 e. The van der Waals surface area contributed by atoms with Crippen molar-refractivity contribution in [1.29, 1.82) is 0 Å². The SMILES string of the molecule is CCNC(=O)c1ccc(C)s1.[HH]. The first-order valence-electron chi connectivity index (χ1n) is 3.58. The van der Waals surface area contributed by atoms with E-state index in [9.17, 15) is 4.79 Å². The molecule has 0 spiro atoms. The molecule has 0 bridgehead atoms. The van der Waals surface area contributed by atoms with E-state index in [1.807, 2.05) is 26.0 Å². The highest BCUT2D eigenvalue weighted by molar-refractivity contribution is 7.13. The average molecular weight is 171 g/mol. The molecular weight excluding hydrogens is 158 g/mol. The van der Waals surface area contributed by atoms with Crippen molar-refractivity contribution in [2.75, 3.05) is 6.54 Å². The molecule has 0 saturated carbocycles. The summed E-state index contributed by atoms with van der Waals surface area (Å²) in [6.45, 7) is 4.60. The number of thiophene rings is 1. The lowest BCUT2D eigenvalue weighted by Gasteiger charge is -1.96. The number of hydrogen-bond acceptors (Lipinski definition) is 2. The Bertz CT molecular complexity index is 259. The van der Waals surface area contributed by atoms with Gasteiger partial charge in [-0.1, -0.05) is 0 Å². The van der Waals surface area contributed by atoms with Crippen molar-refractivity contribution in [3.8, 4) is 0 Å². The second kappa shape index (κ2) is 3.53. The summed E-state index contributed by atoms with van der Waals surface area (Å²) in [5.41, 5.74) is 0. The van der Waals surface area contributed by atoms with E-state index < -0.39 is 0 Å². The Hall–Kier alpha value is -0.830. The number of carbonyl (C=O) groups excluding carboxylic acids is 1. The summed E-state index contributed by atoms with van der Waals surface area (Å²) in [4.78, 5) is 13.1. The minimum atomic E-state index is 0. The van der Waals surface area contributed by atoms with Crippen LogP contribution in [0.15, 0.2) is 12.1 Å². The van der Waals surface area contributed by atoms with Crippen LogP contribution in [0.3, 0.4) is 0 Å². The summed E-state index contributed by atoms with van der Waals surface area (Å²) in [5.74, 6) is 0.0330. The van der Waals surface area contributed by atoms with Crippen molar-refractivity contribution in [2.45, 2.75) is 13.8 Å². The van der Waals surface area contributed by atoms with Gasteiger partial charge in [-0.05, 0) is 26.0 Å². The topological polar surface area (TPSA) is 29.1 Å². The molecule has 1 heterocycles. The lowest BCUT2D eigenvalue weighted by atomic mass is 10.4. The smallest absolute Gasteiger partial charge is 0.261 e. The van der Waals surface area contributed by atoms with Crippen LogP contribution >= 0.6 is 11.3 Å². The van der Waals surface area contributed by atoms with Gasteiger partial charge in [0.15, 0.2) is 0 Å². The molecule has 0 radical (unpaired) electrons. The zero-order valence-corrected chi connectivity index (χ0v) is 7.49. The van der Waals surface area contributed by atoms with Gasteiger partial charge in [0.1, 0.15) is 0 Å². The van der Waals surface area contributed by atoms with Gasteiger partial charge in [0.25, 0.3) is 5.91 Å². The molecule has 2 nitrogen and oxygen atoms in total. The van der Waals surface area contributed by atoms with Crippen LogP contribution in [0.25, 0.3) is 0 Å². The fourth-order valence-electron chi connectivity index (χ4n) is 0.804. The zero-order valence-electron chi connectivity index (χ0n) is 6.68. The Kier molecular flexibility index (Phi) is 2.65. The van der Waals surface area contributed by atoms with E-state index >= 15 is 0 Å². The van der Waals surface area contributed by atoms with E-state index in [2.05, 4.69) is 5.32 Å². The zero-order chi connectivity index (χ0) is 8.27. The van der Waals surface area contributed by atoms with E-state index in [4.69, 9.17) is 0 Å². The van der Waals surface area contributed by atoms with Crippen molar-refractivity contribution < 1.29 is 6.22 Å². The minimum Gasteiger partial charge on any atom is -0.352 e. The van der Waals surface area contributed by atoms with Gasteiger partial charge >= 0.3 is 0 Å². The van der Waals surface area contributed by atoms with Crippen molar-refractivity contribution in [3.63, 3.8) is 0 Å². The monoisotopic (exact) mass is 171 g/mol. The first-order chi connectivity index (χ1) is 5.24. The van der Waals surface area contributed by atoms with E-state index in [1.165, 1.54) is 16.2 Å². The molecule has 0 atom stereocenters. The van der Waals surface area contributed by atoms with Crippen LogP contribution in [-0.2, 0) is 0 Å². The molecular formula is C8H13NOS. The molecule has 3 heteroatoms. The molecule has 0 aliphatic carbocycles. The highest BCUT2D eigenvalue weighted by Crippen LogP contribution is 2.14. The molecule has 1 amide bonds. The third-order valence-electron chi connectivity index (χ3n) is 1.30. The van der Waals surface area contributed by atoms with Gasteiger partial charge in [-0.15, -0.1) is 11.3 Å². The van der Waals surface area contributed by atoms with E-state index in [1.54, 1.807) is 0 Å². The molecule has 1 aromatic rings. The van der Waals surface area contributed by atoms with Gasteiger partial charge < -0.3 is 5.32 Å². The van der Waals surface area contributed by atoms with Gasteiger partial charge in [0, 0.05) is 12.8 Å². The van der Waals surface area contributed by atoms with Crippen LogP contribution in [0.2, 0.25) is 0 Å². The van der Waals surface area contributed by atoms with Crippen LogP contribution in [0.5, 0.6) is 0 Å². The van der Waals surface area contributed by atoms with Crippen molar-refractivity contribution in [1.82, 2.24) is 5.32 Å². The highest BCUT2D eigenvalue weighted by atomic mass is 32.1. The number of amides is 1. The second-order valence-electron chi connectivity index (χ2n) is 2.27. The van der Waals surface area contributed by atoms with Crippen molar-refractivity contribution in [3.05, 3.63) is 21.9 Å². The lowest BCUT2D eigenvalue weighted by molar-refractivity contribution is 0.0960. The normalized spacial score (nSPS) is 9.64. The molecule has 11 heavy (non-hydrogen) atoms. The summed E-state index contributed by atoms with van der Waals surface area (Å²) in [5, 5.41) is 2.75. The molecule has 0 aliphatic heterocycles. The van der Waals surface area contributed by atoms with Gasteiger partial charge in [0.2, 0.25) is 0 Å². The fraction of sp³-hybridized carbons (Fsp3) is 0.375. The highest BCUT2D eigenvalue weighted by Gasteiger charge is 2.04. The summed E-state index contributed by atoms with van der Waals surface area (Å²) in [6, 6.07) is 3.81. The largest absolute Gasteiger partial charge is 0.352 e. The van der Waals surface area contributed by atoms with Crippen molar-refractivity contribution >= 4 is 17.2 Å². The van der Waals surface area contributed by atoms with Crippen molar-refractivity contribution in [2.24, 2.45) is 0 Å². The molecule has 0 fully saturated rings. The molecule has 0 saturated heterocycles. The van der Waals surface area contributed by atoms with E-state index in [0.717, 1.165) is 4.88 Å². The van der Waals surface area contributed by atoms with E-state index in [0.29, 0.717) is 6.54 Å². The van der Waals surface area contributed by atoms with Crippen LogP contribution < -0.4 is 5.32 Å². The van der Waals surface area contributed by atoms with Crippen LogP contribution in [0, 0.1) is 6.92 Å². The third-order valence-corrected chi connectivity index (χ3v) is 2.30. The predicted octanol–water partition coefficient (Wildman–Crippen LogP) is 2.05. The van der Waals surface area contributed by atoms with Crippen LogP contribution in [-0.4, -0.2) is 12.5 Å². The molecule has 0 aromatic carbocycles. The first kappa shape index (κ1) is 8.27. The van der Waals surface area contributed by atoms with Gasteiger partial charge in [-0.2, -0.15) is 0 Å². The quantitative estimate of drug-likeness (QED) is 0.725. The second-order valence-corrected chi connectivity index (χ2v) is 3.56. The lowest BCUT2D eigenvalue weighted by Crippen LogP contribution is -2.21. The third kappa shape index (κ3) is 2.05. The summed E-state index contributed by atoms with van der Waals surface area (Å²) >= 11 is 1.52. The predicted molar refractivity (Wildman–Crippen MR) is 49.2 cm³/mol. The first-order valence-corrected chi connectivity index (χ1v) is 4.40.